The van der Waals surface area contributed by atoms with Crippen molar-refractivity contribution in [2.75, 3.05) is 10.6 Å². The second kappa shape index (κ2) is 7.78. The number of esters is 1. The highest BCUT2D eigenvalue weighted by Gasteiger charge is 2.21. The van der Waals surface area contributed by atoms with Gasteiger partial charge in [0.25, 0.3) is 0 Å². The van der Waals surface area contributed by atoms with Gasteiger partial charge in [0.2, 0.25) is 0 Å². The van der Waals surface area contributed by atoms with Crippen LogP contribution in [-0.2, 0) is 4.74 Å². The highest BCUT2D eigenvalue weighted by molar-refractivity contribution is 7.81. The number of pyridine rings is 1. The van der Waals surface area contributed by atoms with Crippen LogP contribution < -0.4 is 10.6 Å². The molecule has 7 heteroatoms. The third kappa shape index (κ3) is 4.16. The first kappa shape index (κ1) is 18.3. The van der Waals surface area contributed by atoms with Crippen LogP contribution in [-0.4, -0.2) is 28.7 Å². The molecule has 0 aliphatic carbocycles. The Bertz CT molecular complexity index is 824. The van der Waals surface area contributed by atoms with Gasteiger partial charge in [-0.1, -0.05) is 18.2 Å². The van der Waals surface area contributed by atoms with Crippen LogP contribution >= 0.6 is 12.6 Å². The lowest BCUT2D eigenvalue weighted by Gasteiger charge is -2.24. The molecular formula is C19H22N4O2S. The summed E-state index contributed by atoms with van der Waals surface area (Å²) in [5.41, 5.74) is 2.59. The molecule has 0 saturated carbocycles. The van der Waals surface area contributed by atoms with Crippen molar-refractivity contribution in [2.24, 2.45) is 4.99 Å². The number of anilines is 2. The van der Waals surface area contributed by atoms with Crippen LogP contribution in [0, 0.1) is 0 Å². The Morgan fingerprint density at radius 2 is 2.00 bits per heavy atom. The third-order valence-electron chi connectivity index (χ3n) is 3.83. The molecule has 1 aliphatic heterocycles. The number of aliphatic imine (C=N–C) groups is 1. The lowest BCUT2D eigenvalue weighted by atomic mass is 10.1. The van der Waals surface area contributed by atoms with Crippen LogP contribution in [0.3, 0.4) is 0 Å². The van der Waals surface area contributed by atoms with Gasteiger partial charge in [-0.15, -0.1) is 12.6 Å². The van der Waals surface area contributed by atoms with Crippen molar-refractivity contribution in [3.8, 4) is 0 Å². The summed E-state index contributed by atoms with van der Waals surface area (Å²) in [4.78, 5) is 21.2. The van der Waals surface area contributed by atoms with Gasteiger partial charge < -0.3 is 15.4 Å². The van der Waals surface area contributed by atoms with Crippen LogP contribution in [0.1, 0.15) is 48.5 Å². The van der Waals surface area contributed by atoms with Crippen molar-refractivity contribution >= 4 is 36.3 Å². The molecule has 0 amide bonds. The van der Waals surface area contributed by atoms with Gasteiger partial charge >= 0.3 is 5.97 Å². The zero-order valence-corrected chi connectivity index (χ0v) is 15.8. The SMILES string of the molecule is CC(C)Nc1nc([C@@H](C)OC(=O)c2ccccc2)cc2c1NC(S)N=C2. The fraction of sp³-hybridized carbons (Fsp3) is 0.316. The minimum atomic E-state index is -0.497. The molecule has 2 heterocycles. The quantitative estimate of drug-likeness (QED) is 0.550. The van der Waals surface area contributed by atoms with Gasteiger partial charge in [-0.3, -0.25) is 4.99 Å². The van der Waals surface area contributed by atoms with Crippen molar-refractivity contribution in [1.82, 2.24) is 4.98 Å². The number of fused-ring (bicyclic) bond motifs is 1. The van der Waals surface area contributed by atoms with Crippen LogP contribution in [0.2, 0.25) is 0 Å². The van der Waals surface area contributed by atoms with Gasteiger partial charge in [-0.25, -0.2) is 9.78 Å². The van der Waals surface area contributed by atoms with Gasteiger partial charge in [0.1, 0.15) is 6.10 Å². The molecule has 6 nitrogen and oxygen atoms in total. The van der Waals surface area contributed by atoms with E-state index in [1.54, 1.807) is 30.5 Å². The van der Waals surface area contributed by atoms with E-state index in [4.69, 9.17) is 4.74 Å². The summed E-state index contributed by atoms with van der Waals surface area (Å²) in [6, 6.07) is 11.0. The predicted octanol–water partition coefficient (Wildman–Crippen LogP) is 3.88. The normalized spacial score (nSPS) is 16.6. The first-order valence-corrected chi connectivity index (χ1v) is 9.01. The second-order valence-electron chi connectivity index (χ2n) is 6.37. The zero-order chi connectivity index (χ0) is 18.7. The van der Waals surface area contributed by atoms with Crippen LogP contribution in [0.5, 0.6) is 0 Å². The third-order valence-corrected chi connectivity index (χ3v) is 4.10. The summed E-state index contributed by atoms with van der Waals surface area (Å²) in [5, 5.41) is 6.52. The maximum Gasteiger partial charge on any atom is 0.338 e. The van der Waals surface area contributed by atoms with Gasteiger partial charge in [0.15, 0.2) is 11.3 Å². The van der Waals surface area contributed by atoms with E-state index in [1.807, 2.05) is 32.9 Å². The van der Waals surface area contributed by atoms with E-state index in [2.05, 4.69) is 33.2 Å². The van der Waals surface area contributed by atoms with Gasteiger partial charge in [-0.2, -0.15) is 0 Å². The van der Waals surface area contributed by atoms with E-state index >= 15 is 0 Å². The first-order valence-electron chi connectivity index (χ1n) is 8.49. The van der Waals surface area contributed by atoms with Crippen molar-refractivity contribution in [3.63, 3.8) is 0 Å². The Morgan fingerprint density at radius 1 is 1.27 bits per heavy atom. The molecule has 2 atom stereocenters. The monoisotopic (exact) mass is 370 g/mol. The molecule has 0 saturated heterocycles. The van der Waals surface area contributed by atoms with Crippen molar-refractivity contribution in [3.05, 3.63) is 53.2 Å². The highest BCUT2D eigenvalue weighted by atomic mass is 32.1. The summed E-state index contributed by atoms with van der Waals surface area (Å²) in [6.45, 7) is 5.88. The minimum absolute atomic E-state index is 0.197. The predicted molar refractivity (Wildman–Crippen MR) is 107 cm³/mol. The maximum atomic E-state index is 12.3. The van der Waals surface area contributed by atoms with Gasteiger partial charge in [0.05, 0.1) is 16.9 Å². The Hall–Kier alpha value is -2.54. The Morgan fingerprint density at radius 3 is 2.69 bits per heavy atom. The molecule has 0 fully saturated rings. The molecule has 2 N–H and O–H groups in total. The van der Waals surface area contributed by atoms with Crippen LogP contribution in [0.4, 0.5) is 11.5 Å². The summed E-state index contributed by atoms with van der Waals surface area (Å²) in [7, 11) is 0. The molecule has 1 unspecified atom stereocenters. The first-order chi connectivity index (χ1) is 12.4. The number of hydrogen-bond acceptors (Lipinski definition) is 7. The number of hydrogen-bond donors (Lipinski definition) is 3. The summed E-state index contributed by atoms with van der Waals surface area (Å²) in [6.07, 6.45) is 1.26. The highest BCUT2D eigenvalue weighted by Crippen LogP contribution is 2.31. The lowest BCUT2D eigenvalue weighted by molar-refractivity contribution is 0.0329. The second-order valence-corrected chi connectivity index (χ2v) is 6.86. The molecule has 1 aromatic carbocycles. The van der Waals surface area contributed by atoms with Crippen LogP contribution in [0.25, 0.3) is 0 Å². The average Bonchev–Trinajstić information content (AvgIpc) is 2.62. The van der Waals surface area contributed by atoms with Gasteiger partial charge in [0, 0.05) is 17.8 Å². The van der Waals surface area contributed by atoms with Crippen molar-refractivity contribution in [2.45, 2.75) is 38.4 Å². The summed E-state index contributed by atoms with van der Waals surface area (Å²) < 4.78 is 5.59. The van der Waals surface area contributed by atoms with Crippen LogP contribution in [0.15, 0.2) is 41.4 Å². The lowest BCUT2D eigenvalue weighted by Crippen LogP contribution is -2.22. The number of ether oxygens (including phenoxy) is 1. The molecule has 0 bridgehead atoms. The average molecular weight is 370 g/mol. The molecule has 26 heavy (non-hydrogen) atoms. The topological polar surface area (TPSA) is 75.6 Å². The molecule has 0 radical (unpaired) electrons. The van der Waals surface area contributed by atoms with E-state index < -0.39 is 6.10 Å². The number of carbonyl (C=O) groups is 1. The minimum Gasteiger partial charge on any atom is -0.453 e. The fourth-order valence-corrected chi connectivity index (χ4v) is 2.80. The number of thiol groups is 1. The van der Waals surface area contributed by atoms with E-state index in [-0.39, 0.29) is 17.5 Å². The smallest absolute Gasteiger partial charge is 0.338 e. The summed E-state index contributed by atoms with van der Waals surface area (Å²) in [5.74, 6) is 0.318. The number of nitrogens with zero attached hydrogens (tertiary/aromatic N) is 2. The van der Waals surface area contributed by atoms with E-state index in [0.717, 1.165) is 11.3 Å². The van der Waals surface area contributed by atoms with E-state index in [9.17, 15) is 4.79 Å². The molecular weight excluding hydrogens is 348 g/mol. The number of benzene rings is 1. The number of nitrogens with one attached hydrogen (secondary N) is 2. The molecule has 2 aromatic rings. The fourth-order valence-electron chi connectivity index (χ4n) is 2.61. The summed E-state index contributed by atoms with van der Waals surface area (Å²) >= 11 is 4.34. The maximum absolute atomic E-state index is 12.3. The molecule has 3 rings (SSSR count). The zero-order valence-electron chi connectivity index (χ0n) is 14.9. The Balaban J connectivity index is 1.88. The number of aromatic nitrogens is 1. The van der Waals surface area contributed by atoms with E-state index in [0.29, 0.717) is 17.1 Å². The van der Waals surface area contributed by atoms with Crippen molar-refractivity contribution < 1.29 is 9.53 Å². The van der Waals surface area contributed by atoms with Gasteiger partial charge in [-0.05, 0) is 39.0 Å². The van der Waals surface area contributed by atoms with E-state index in [1.165, 1.54) is 0 Å². The molecule has 1 aromatic heterocycles. The number of carbonyl (C=O) groups excluding carboxylic acids is 1. The standard InChI is InChI=1S/C19H22N4O2S/c1-11(2)21-17-16-14(10-20-19(26)23-16)9-15(22-17)12(3)25-18(24)13-7-5-4-6-8-13/h4-12,19,23,26H,1-3H3,(H,21,22)/t12-,19?/m1/s1. The molecule has 1 aliphatic rings. The molecule has 0 spiro atoms. The Labute approximate surface area is 158 Å². The Kier molecular flexibility index (Phi) is 5.46. The molecule has 136 valence electrons. The van der Waals surface area contributed by atoms with Crippen molar-refractivity contribution in [1.29, 1.82) is 0 Å². The number of rotatable bonds is 5. The largest absolute Gasteiger partial charge is 0.453 e.